The van der Waals surface area contributed by atoms with E-state index < -0.39 is 0 Å². The van der Waals surface area contributed by atoms with Gasteiger partial charge in [-0.15, -0.1) is 0 Å². The maximum atomic E-state index is 12.7. The predicted octanol–water partition coefficient (Wildman–Crippen LogP) is 4.27. The molecule has 0 N–H and O–H groups in total. The number of rotatable bonds is 4. The van der Waals surface area contributed by atoms with Crippen LogP contribution in [0.4, 0.5) is 0 Å². The van der Waals surface area contributed by atoms with Gasteiger partial charge in [0.05, 0.1) is 12.4 Å². The maximum Gasteiger partial charge on any atom is 0.291 e. The molecule has 1 amide bonds. The van der Waals surface area contributed by atoms with Gasteiger partial charge in [0.2, 0.25) is 11.7 Å². The quantitative estimate of drug-likeness (QED) is 0.684. The number of amides is 1. The summed E-state index contributed by atoms with van der Waals surface area (Å²) in [6.07, 6.45) is 7.83. The van der Waals surface area contributed by atoms with Crippen LogP contribution >= 0.6 is 11.6 Å². The molecule has 1 aliphatic heterocycles. The van der Waals surface area contributed by atoms with E-state index in [-0.39, 0.29) is 17.7 Å². The molecule has 0 radical (unpaired) electrons. The third kappa shape index (κ3) is 3.51. The molecule has 0 saturated carbocycles. The fourth-order valence-electron chi connectivity index (χ4n) is 3.30. The number of benzene rings is 1. The summed E-state index contributed by atoms with van der Waals surface area (Å²) in [4.78, 5) is 22.7. The predicted molar refractivity (Wildman–Crippen MR) is 94.9 cm³/mol. The fraction of sp³-hybridized carbons (Fsp3) is 0.316. The Morgan fingerprint density at radius 1 is 1.31 bits per heavy atom. The van der Waals surface area contributed by atoms with Crippen molar-refractivity contribution in [2.24, 2.45) is 0 Å². The first-order chi connectivity index (χ1) is 12.7. The zero-order valence-electron chi connectivity index (χ0n) is 14.1. The molecule has 134 valence electrons. The Bertz CT molecular complexity index is 891. The summed E-state index contributed by atoms with van der Waals surface area (Å²) in [5, 5.41) is 0.693. The SMILES string of the molecule is O=C(c1cnco1)N1CCCCC1c1ncc(Cc2cccc(Cl)c2)o1. The number of halogens is 1. The molecule has 0 spiro atoms. The van der Waals surface area contributed by atoms with Crippen molar-refractivity contribution < 1.29 is 13.6 Å². The molecule has 6 nitrogen and oxygen atoms in total. The van der Waals surface area contributed by atoms with Gasteiger partial charge in [0.25, 0.3) is 5.91 Å². The number of carbonyl (C=O) groups excluding carboxylic acids is 1. The average Bonchev–Trinajstić information content (AvgIpc) is 3.33. The van der Waals surface area contributed by atoms with E-state index in [9.17, 15) is 4.79 Å². The third-order valence-corrected chi connectivity index (χ3v) is 4.77. The van der Waals surface area contributed by atoms with Crippen molar-refractivity contribution in [1.82, 2.24) is 14.9 Å². The molecule has 3 heterocycles. The maximum absolute atomic E-state index is 12.7. The Morgan fingerprint density at radius 2 is 2.23 bits per heavy atom. The first kappa shape index (κ1) is 16.8. The Balaban J connectivity index is 1.54. The lowest BCUT2D eigenvalue weighted by Gasteiger charge is -2.33. The van der Waals surface area contributed by atoms with Crippen LogP contribution in [0.5, 0.6) is 0 Å². The summed E-state index contributed by atoms with van der Waals surface area (Å²) >= 11 is 6.04. The number of hydrogen-bond acceptors (Lipinski definition) is 5. The van der Waals surface area contributed by atoms with Gasteiger partial charge in [-0.1, -0.05) is 23.7 Å². The zero-order chi connectivity index (χ0) is 17.9. The van der Waals surface area contributed by atoms with Crippen molar-refractivity contribution in [3.63, 3.8) is 0 Å². The van der Waals surface area contributed by atoms with E-state index in [0.29, 0.717) is 23.9 Å². The molecular weight excluding hydrogens is 354 g/mol. The van der Waals surface area contributed by atoms with Crippen molar-refractivity contribution in [2.45, 2.75) is 31.7 Å². The minimum atomic E-state index is -0.186. The molecule has 1 atom stereocenters. The van der Waals surface area contributed by atoms with E-state index >= 15 is 0 Å². The lowest BCUT2D eigenvalue weighted by atomic mass is 10.0. The Morgan fingerprint density at radius 3 is 3.04 bits per heavy atom. The van der Waals surface area contributed by atoms with Crippen LogP contribution in [0.2, 0.25) is 5.02 Å². The van der Waals surface area contributed by atoms with Gasteiger partial charge in [0.15, 0.2) is 6.39 Å². The second-order valence-electron chi connectivity index (χ2n) is 6.35. The third-order valence-electron chi connectivity index (χ3n) is 4.53. The van der Waals surface area contributed by atoms with Crippen molar-refractivity contribution in [1.29, 1.82) is 0 Å². The van der Waals surface area contributed by atoms with Crippen LogP contribution in [0.1, 0.15) is 53.1 Å². The molecule has 3 aromatic rings. The second-order valence-corrected chi connectivity index (χ2v) is 6.78. The number of hydrogen-bond donors (Lipinski definition) is 0. The summed E-state index contributed by atoms with van der Waals surface area (Å²) in [6, 6.07) is 7.47. The van der Waals surface area contributed by atoms with Crippen molar-refractivity contribution in [3.8, 4) is 0 Å². The summed E-state index contributed by atoms with van der Waals surface area (Å²) in [5.74, 6) is 1.37. The van der Waals surface area contributed by atoms with Gasteiger partial charge in [-0.05, 0) is 37.0 Å². The highest BCUT2D eigenvalue weighted by molar-refractivity contribution is 6.30. The molecule has 4 rings (SSSR count). The Kier molecular flexibility index (Phi) is 4.75. The van der Waals surface area contributed by atoms with Gasteiger partial charge >= 0.3 is 0 Å². The second kappa shape index (κ2) is 7.33. The number of piperidine rings is 1. The molecule has 2 aromatic heterocycles. The van der Waals surface area contributed by atoms with E-state index in [0.717, 1.165) is 30.6 Å². The lowest BCUT2D eigenvalue weighted by Crippen LogP contribution is -2.38. The van der Waals surface area contributed by atoms with Crippen molar-refractivity contribution >= 4 is 17.5 Å². The van der Waals surface area contributed by atoms with Crippen LogP contribution < -0.4 is 0 Å². The van der Waals surface area contributed by atoms with Crippen molar-refractivity contribution in [3.05, 3.63) is 71.1 Å². The van der Waals surface area contributed by atoms with Gasteiger partial charge < -0.3 is 13.7 Å². The van der Waals surface area contributed by atoms with Crippen LogP contribution in [0.15, 0.2) is 51.9 Å². The molecule has 0 bridgehead atoms. The molecule has 1 aromatic carbocycles. The first-order valence-electron chi connectivity index (χ1n) is 8.59. The number of nitrogens with zero attached hydrogens (tertiary/aromatic N) is 3. The largest absolute Gasteiger partial charge is 0.443 e. The Labute approximate surface area is 155 Å². The highest BCUT2D eigenvalue weighted by Gasteiger charge is 2.33. The summed E-state index contributed by atoms with van der Waals surface area (Å²) in [5.41, 5.74) is 1.05. The highest BCUT2D eigenvalue weighted by atomic mass is 35.5. The van der Waals surface area contributed by atoms with Crippen LogP contribution in [0, 0.1) is 0 Å². The van der Waals surface area contributed by atoms with Gasteiger partial charge in [-0.2, -0.15) is 0 Å². The van der Waals surface area contributed by atoms with E-state index in [4.69, 9.17) is 20.4 Å². The average molecular weight is 372 g/mol. The lowest BCUT2D eigenvalue weighted by molar-refractivity contribution is 0.0538. The van der Waals surface area contributed by atoms with E-state index in [1.807, 2.05) is 24.3 Å². The normalized spacial score (nSPS) is 17.4. The summed E-state index contributed by atoms with van der Waals surface area (Å²) in [7, 11) is 0. The van der Waals surface area contributed by atoms with Gasteiger partial charge in [-0.25, -0.2) is 9.97 Å². The van der Waals surface area contributed by atoms with E-state index in [2.05, 4.69) is 9.97 Å². The van der Waals surface area contributed by atoms with Gasteiger partial charge in [0, 0.05) is 18.0 Å². The molecule has 1 fully saturated rings. The number of oxazole rings is 2. The Hall–Kier alpha value is -2.60. The minimum absolute atomic E-state index is 0.179. The molecule has 1 saturated heterocycles. The van der Waals surface area contributed by atoms with Gasteiger partial charge in [-0.3, -0.25) is 4.79 Å². The van der Waals surface area contributed by atoms with Crippen LogP contribution in [-0.4, -0.2) is 27.3 Å². The first-order valence-corrected chi connectivity index (χ1v) is 8.97. The van der Waals surface area contributed by atoms with Crippen LogP contribution in [0.3, 0.4) is 0 Å². The topological polar surface area (TPSA) is 72.4 Å². The zero-order valence-corrected chi connectivity index (χ0v) is 14.9. The molecular formula is C19H18ClN3O3. The number of likely N-dealkylation sites (tertiary alicyclic amines) is 1. The van der Waals surface area contributed by atoms with Crippen molar-refractivity contribution in [2.75, 3.05) is 6.54 Å². The molecule has 1 aliphatic rings. The fourth-order valence-corrected chi connectivity index (χ4v) is 3.51. The van der Waals surface area contributed by atoms with E-state index in [1.165, 1.54) is 12.6 Å². The standard InChI is InChI=1S/C19H18ClN3O3/c20-14-5-3-4-13(8-14)9-15-10-22-18(26-15)16-6-1-2-7-23(16)19(24)17-11-21-12-25-17/h3-5,8,10-12,16H,1-2,6-7,9H2. The number of aromatic nitrogens is 2. The summed E-state index contributed by atoms with van der Waals surface area (Å²) < 4.78 is 11.1. The minimum Gasteiger partial charge on any atom is -0.443 e. The molecule has 0 aliphatic carbocycles. The summed E-state index contributed by atoms with van der Waals surface area (Å²) in [6.45, 7) is 0.649. The van der Waals surface area contributed by atoms with Gasteiger partial charge in [0.1, 0.15) is 11.8 Å². The van der Waals surface area contributed by atoms with Crippen LogP contribution in [0.25, 0.3) is 0 Å². The van der Waals surface area contributed by atoms with E-state index in [1.54, 1.807) is 11.1 Å². The highest BCUT2D eigenvalue weighted by Crippen LogP contribution is 2.32. The molecule has 7 heteroatoms. The van der Waals surface area contributed by atoms with Crippen LogP contribution in [-0.2, 0) is 6.42 Å². The smallest absolute Gasteiger partial charge is 0.291 e. The monoisotopic (exact) mass is 371 g/mol. The molecule has 26 heavy (non-hydrogen) atoms. The molecule has 1 unspecified atom stereocenters. The number of carbonyl (C=O) groups is 1.